The van der Waals surface area contributed by atoms with E-state index >= 15 is 0 Å². The molecule has 1 aromatic heterocycles. The molecule has 2 rings (SSSR count). The average Bonchev–Trinajstić information content (AvgIpc) is 2.58. The van der Waals surface area contributed by atoms with E-state index in [-0.39, 0.29) is 11.3 Å². The van der Waals surface area contributed by atoms with Gasteiger partial charge in [0.05, 0.1) is 0 Å². The van der Waals surface area contributed by atoms with E-state index in [4.69, 9.17) is 4.74 Å². The third-order valence-electron chi connectivity index (χ3n) is 3.83. The van der Waals surface area contributed by atoms with Gasteiger partial charge in [-0.1, -0.05) is 39.0 Å². The van der Waals surface area contributed by atoms with Crippen molar-refractivity contribution in [3.05, 3.63) is 53.7 Å². The number of nitrogens with zero attached hydrogens (tertiary/aromatic N) is 1. The number of pyridine rings is 1. The number of hydrogen-bond acceptors (Lipinski definition) is 4. The summed E-state index contributed by atoms with van der Waals surface area (Å²) in [5.41, 5.74) is 2.80. The zero-order chi connectivity index (χ0) is 18.3. The summed E-state index contributed by atoms with van der Waals surface area (Å²) >= 11 is 0. The molecule has 0 fully saturated rings. The Labute approximate surface area is 149 Å². The van der Waals surface area contributed by atoms with E-state index in [9.17, 15) is 4.79 Å². The molecular weight excluding hydrogens is 314 g/mol. The van der Waals surface area contributed by atoms with E-state index in [1.165, 1.54) is 5.56 Å². The Morgan fingerprint density at radius 2 is 1.96 bits per heavy atom. The largest absolute Gasteiger partial charge is 0.385 e. The summed E-state index contributed by atoms with van der Waals surface area (Å²) in [6.07, 6.45) is 2.43. The lowest BCUT2D eigenvalue weighted by atomic mass is 9.86. The van der Waals surface area contributed by atoms with Gasteiger partial charge in [-0.3, -0.25) is 4.79 Å². The van der Waals surface area contributed by atoms with Crippen LogP contribution in [0.5, 0.6) is 0 Å². The van der Waals surface area contributed by atoms with Crippen LogP contribution in [0.25, 0.3) is 0 Å². The molecule has 2 aromatic rings. The molecule has 2 N–H and O–H groups in total. The Balaban J connectivity index is 2.11. The topological polar surface area (TPSA) is 63.2 Å². The van der Waals surface area contributed by atoms with Crippen LogP contribution in [0, 0.1) is 0 Å². The number of carbonyl (C=O) groups is 1. The summed E-state index contributed by atoms with van der Waals surface area (Å²) in [4.78, 5) is 16.6. The number of rotatable bonds is 7. The van der Waals surface area contributed by atoms with Gasteiger partial charge >= 0.3 is 0 Å². The van der Waals surface area contributed by atoms with Crippen molar-refractivity contribution in [3.8, 4) is 0 Å². The van der Waals surface area contributed by atoms with Gasteiger partial charge in [0.25, 0.3) is 5.91 Å². The van der Waals surface area contributed by atoms with Gasteiger partial charge in [0.15, 0.2) is 0 Å². The molecule has 0 saturated heterocycles. The maximum Gasteiger partial charge on any atom is 0.251 e. The first kappa shape index (κ1) is 18.9. The van der Waals surface area contributed by atoms with E-state index in [1.54, 1.807) is 25.4 Å². The Kier molecular flexibility index (Phi) is 6.53. The standard InChI is InChI=1S/C20H27N3O2/c1-20(2,3)16-8-5-6-9-17(16)23-18-14-15(10-12-21-18)19(24)22-11-7-13-25-4/h5-6,8-10,12,14H,7,11,13H2,1-4H3,(H,21,23)(H,22,24). The molecule has 0 spiro atoms. The second kappa shape index (κ2) is 8.62. The molecule has 5 nitrogen and oxygen atoms in total. The summed E-state index contributed by atoms with van der Waals surface area (Å²) in [6.45, 7) is 7.73. The first-order valence-corrected chi connectivity index (χ1v) is 8.51. The van der Waals surface area contributed by atoms with Gasteiger partial charge in [0, 0.05) is 37.7 Å². The van der Waals surface area contributed by atoms with Gasteiger partial charge in [0.2, 0.25) is 0 Å². The molecule has 0 unspecified atom stereocenters. The van der Waals surface area contributed by atoms with Gasteiger partial charge in [-0.25, -0.2) is 4.98 Å². The normalized spacial score (nSPS) is 11.2. The van der Waals surface area contributed by atoms with Crippen LogP contribution < -0.4 is 10.6 Å². The minimum Gasteiger partial charge on any atom is -0.385 e. The number of anilines is 2. The summed E-state index contributed by atoms with van der Waals surface area (Å²) in [5.74, 6) is 0.548. The van der Waals surface area contributed by atoms with E-state index in [0.717, 1.165) is 12.1 Å². The minimum atomic E-state index is -0.106. The lowest BCUT2D eigenvalue weighted by molar-refractivity contribution is 0.0948. The van der Waals surface area contributed by atoms with E-state index in [2.05, 4.69) is 42.5 Å². The highest BCUT2D eigenvalue weighted by molar-refractivity contribution is 5.94. The number of methoxy groups -OCH3 is 1. The van der Waals surface area contributed by atoms with Crippen LogP contribution in [0.2, 0.25) is 0 Å². The van der Waals surface area contributed by atoms with Crippen LogP contribution in [0.1, 0.15) is 43.1 Å². The van der Waals surface area contributed by atoms with Crippen molar-refractivity contribution in [2.45, 2.75) is 32.6 Å². The molecule has 0 aliphatic heterocycles. The second-order valence-electron chi connectivity index (χ2n) is 6.95. The summed E-state index contributed by atoms with van der Waals surface area (Å²) < 4.78 is 4.98. The fourth-order valence-electron chi connectivity index (χ4n) is 2.54. The molecule has 5 heteroatoms. The van der Waals surface area contributed by atoms with Crippen molar-refractivity contribution >= 4 is 17.4 Å². The molecule has 0 bridgehead atoms. The smallest absolute Gasteiger partial charge is 0.251 e. The first-order valence-electron chi connectivity index (χ1n) is 8.51. The van der Waals surface area contributed by atoms with E-state index < -0.39 is 0 Å². The molecule has 1 aromatic carbocycles. The van der Waals surface area contributed by atoms with Gasteiger partial charge in [-0.05, 0) is 35.6 Å². The van der Waals surface area contributed by atoms with Crippen LogP contribution in [0.15, 0.2) is 42.6 Å². The van der Waals surface area contributed by atoms with Crippen molar-refractivity contribution in [2.24, 2.45) is 0 Å². The van der Waals surface area contributed by atoms with Crippen molar-refractivity contribution in [1.29, 1.82) is 0 Å². The SMILES string of the molecule is COCCCNC(=O)c1ccnc(Nc2ccccc2C(C)(C)C)c1. The summed E-state index contributed by atoms with van der Waals surface area (Å²) in [6, 6.07) is 11.6. The van der Waals surface area contributed by atoms with Crippen LogP contribution >= 0.6 is 0 Å². The molecule has 1 amide bonds. The summed E-state index contributed by atoms with van der Waals surface area (Å²) in [7, 11) is 1.65. The molecule has 0 aliphatic carbocycles. The Morgan fingerprint density at radius 1 is 1.20 bits per heavy atom. The maximum absolute atomic E-state index is 12.2. The molecular formula is C20H27N3O2. The molecule has 1 heterocycles. The van der Waals surface area contributed by atoms with Gasteiger partial charge in [-0.15, -0.1) is 0 Å². The zero-order valence-corrected chi connectivity index (χ0v) is 15.4. The predicted octanol–water partition coefficient (Wildman–Crippen LogP) is 3.89. The van der Waals surface area contributed by atoms with Crippen molar-refractivity contribution in [2.75, 3.05) is 25.6 Å². The molecule has 0 atom stereocenters. The third kappa shape index (κ3) is 5.57. The number of benzene rings is 1. The van der Waals surface area contributed by atoms with Crippen LogP contribution in [0.3, 0.4) is 0 Å². The van der Waals surface area contributed by atoms with Crippen LogP contribution in [0.4, 0.5) is 11.5 Å². The number of hydrogen-bond donors (Lipinski definition) is 2. The van der Waals surface area contributed by atoms with E-state index in [1.807, 2.05) is 18.2 Å². The molecule has 0 aliphatic rings. The van der Waals surface area contributed by atoms with Gasteiger partial charge in [0.1, 0.15) is 5.82 Å². The molecule has 134 valence electrons. The Bertz CT molecular complexity index is 708. The number of carbonyl (C=O) groups excluding carboxylic acids is 1. The number of para-hydroxylation sites is 1. The van der Waals surface area contributed by atoms with Crippen LogP contribution in [-0.2, 0) is 10.2 Å². The monoisotopic (exact) mass is 341 g/mol. The molecule has 0 radical (unpaired) electrons. The third-order valence-corrected chi connectivity index (χ3v) is 3.83. The maximum atomic E-state index is 12.2. The van der Waals surface area contributed by atoms with Crippen molar-refractivity contribution in [1.82, 2.24) is 10.3 Å². The number of nitrogens with one attached hydrogen (secondary N) is 2. The fraction of sp³-hybridized carbons (Fsp3) is 0.400. The van der Waals surface area contributed by atoms with Crippen molar-refractivity contribution < 1.29 is 9.53 Å². The minimum absolute atomic E-state index is 0.0138. The van der Waals surface area contributed by atoms with Gasteiger partial charge in [-0.2, -0.15) is 0 Å². The quantitative estimate of drug-likeness (QED) is 0.750. The fourth-order valence-corrected chi connectivity index (χ4v) is 2.54. The predicted molar refractivity (Wildman–Crippen MR) is 101 cm³/mol. The number of aromatic nitrogens is 1. The summed E-state index contributed by atoms with van der Waals surface area (Å²) in [5, 5.41) is 6.23. The first-order chi connectivity index (χ1) is 11.9. The average molecular weight is 341 g/mol. The highest BCUT2D eigenvalue weighted by Crippen LogP contribution is 2.30. The highest BCUT2D eigenvalue weighted by Gasteiger charge is 2.17. The zero-order valence-electron chi connectivity index (χ0n) is 15.4. The highest BCUT2D eigenvalue weighted by atomic mass is 16.5. The number of ether oxygens (including phenoxy) is 1. The van der Waals surface area contributed by atoms with Crippen molar-refractivity contribution in [3.63, 3.8) is 0 Å². The Morgan fingerprint density at radius 3 is 2.68 bits per heavy atom. The van der Waals surface area contributed by atoms with E-state index in [0.29, 0.717) is 24.5 Å². The molecule has 0 saturated carbocycles. The van der Waals surface area contributed by atoms with Crippen LogP contribution in [-0.4, -0.2) is 31.2 Å². The Hall–Kier alpha value is -2.40. The lowest BCUT2D eigenvalue weighted by Crippen LogP contribution is -2.25. The number of amides is 1. The second-order valence-corrected chi connectivity index (χ2v) is 6.95. The molecule has 25 heavy (non-hydrogen) atoms. The van der Waals surface area contributed by atoms with Gasteiger partial charge < -0.3 is 15.4 Å². The lowest BCUT2D eigenvalue weighted by Gasteiger charge is -2.23.